The zero-order valence-corrected chi connectivity index (χ0v) is 16.0. The molecule has 0 radical (unpaired) electrons. The van der Waals surface area contributed by atoms with Crippen LogP contribution in [0.25, 0.3) is 11.1 Å². The highest BCUT2D eigenvalue weighted by Gasteiger charge is 2.30. The normalized spacial score (nSPS) is 14.6. The minimum Gasteiger partial charge on any atom is -0.449 e. The molecule has 2 atom stereocenters. The highest BCUT2D eigenvalue weighted by atomic mass is 19.1. The molecule has 0 aromatic heterocycles. The molecule has 1 amide bonds. The molecule has 3 aromatic rings. The van der Waals surface area contributed by atoms with Crippen molar-refractivity contribution in [2.45, 2.75) is 25.0 Å². The first-order valence-corrected chi connectivity index (χ1v) is 9.60. The number of rotatable bonds is 5. The van der Waals surface area contributed by atoms with E-state index in [0.29, 0.717) is 0 Å². The van der Waals surface area contributed by atoms with Crippen LogP contribution < -0.4 is 5.32 Å². The zero-order chi connectivity index (χ0) is 20.4. The fourth-order valence-corrected chi connectivity index (χ4v) is 3.95. The van der Waals surface area contributed by atoms with Gasteiger partial charge in [-0.2, -0.15) is 0 Å². The number of fused-ring (bicyclic) bond motifs is 3. The van der Waals surface area contributed by atoms with Gasteiger partial charge in [0.15, 0.2) is 0 Å². The molecule has 2 N–H and O–H groups in total. The Labute approximate surface area is 169 Å². The minimum atomic E-state index is -0.979. The molecular weight excluding hydrogens is 369 g/mol. The van der Waals surface area contributed by atoms with Gasteiger partial charge in [0.1, 0.15) is 12.4 Å². The van der Waals surface area contributed by atoms with E-state index in [0.717, 1.165) is 22.3 Å². The summed E-state index contributed by atoms with van der Waals surface area (Å²) in [6, 6.07) is 21.3. The lowest BCUT2D eigenvalue weighted by Gasteiger charge is -2.23. The summed E-state index contributed by atoms with van der Waals surface area (Å²) in [6.45, 7) is 1.66. The molecule has 0 fully saturated rings. The Kier molecular flexibility index (Phi) is 5.32. The van der Waals surface area contributed by atoms with Crippen LogP contribution in [0.4, 0.5) is 9.18 Å². The number of amides is 1. The van der Waals surface area contributed by atoms with Crippen LogP contribution in [-0.2, 0) is 4.74 Å². The minimum absolute atomic E-state index is 0.0633. The van der Waals surface area contributed by atoms with Gasteiger partial charge in [-0.05, 0) is 35.2 Å². The summed E-state index contributed by atoms with van der Waals surface area (Å²) in [4.78, 5) is 12.5. The van der Waals surface area contributed by atoms with Gasteiger partial charge in [-0.3, -0.25) is 0 Å². The Morgan fingerprint density at radius 3 is 2.14 bits per heavy atom. The van der Waals surface area contributed by atoms with Gasteiger partial charge in [0.2, 0.25) is 0 Å². The summed E-state index contributed by atoms with van der Waals surface area (Å²) in [5.74, 6) is -0.552. The summed E-state index contributed by atoms with van der Waals surface area (Å²) in [5.41, 5.74) is 4.73. The molecule has 0 saturated carbocycles. The van der Waals surface area contributed by atoms with Crippen LogP contribution >= 0.6 is 0 Å². The van der Waals surface area contributed by atoms with Gasteiger partial charge in [-0.15, -0.1) is 0 Å². The average molecular weight is 391 g/mol. The predicted octanol–water partition coefficient (Wildman–Crippen LogP) is 4.79. The summed E-state index contributed by atoms with van der Waals surface area (Å²) in [6.07, 6.45) is -1.67. The number of halogens is 1. The number of aliphatic hydroxyl groups is 1. The number of ether oxygens (including phenoxy) is 1. The monoisotopic (exact) mass is 391 g/mol. The SMILES string of the molecule is CC(O)C(NC(=O)OCC1c2ccccc2-c2ccccc21)c1ccccc1F. The van der Waals surface area contributed by atoms with Crippen LogP contribution in [0.5, 0.6) is 0 Å². The Morgan fingerprint density at radius 1 is 1.00 bits per heavy atom. The topological polar surface area (TPSA) is 58.6 Å². The number of aliphatic hydroxyl groups excluding tert-OH is 1. The van der Waals surface area contributed by atoms with E-state index >= 15 is 0 Å². The van der Waals surface area contributed by atoms with Gasteiger partial charge >= 0.3 is 6.09 Å². The van der Waals surface area contributed by atoms with Crippen LogP contribution in [0.3, 0.4) is 0 Å². The fourth-order valence-electron chi connectivity index (χ4n) is 3.95. The largest absolute Gasteiger partial charge is 0.449 e. The van der Waals surface area contributed by atoms with Crippen LogP contribution in [0.1, 0.15) is 35.6 Å². The van der Waals surface area contributed by atoms with E-state index < -0.39 is 24.1 Å². The van der Waals surface area contributed by atoms with E-state index in [-0.39, 0.29) is 18.1 Å². The van der Waals surface area contributed by atoms with Gasteiger partial charge in [0.25, 0.3) is 0 Å². The van der Waals surface area contributed by atoms with E-state index in [1.807, 2.05) is 36.4 Å². The number of nitrogens with one attached hydrogen (secondary N) is 1. The molecular formula is C24H22FNO3. The standard InChI is InChI=1S/C24H22FNO3/c1-15(27)23(20-12-6-7-13-22(20)25)26-24(28)29-14-21-18-10-4-2-8-16(18)17-9-3-5-11-19(17)21/h2-13,15,21,23,27H,14H2,1H3,(H,26,28). The van der Waals surface area contributed by atoms with Gasteiger partial charge in [0.05, 0.1) is 12.1 Å². The average Bonchev–Trinajstić information content (AvgIpc) is 3.05. The lowest BCUT2D eigenvalue weighted by atomic mass is 9.98. The Balaban J connectivity index is 1.49. The van der Waals surface area contributed by atoms with Gasteiger partial charge in [-0.1, -0.05) is 66.7 Å². The molecule has 0 aliphatic heterocycles. The second-order valence-corrected chi connectivity index (χ2v) is 7.21. The number of hydrogen-bond donors (Lipinski definition) is 2. The molecule has 148 valence electrons. The first-order chi connectivity index (χ1) is 14.1. The molecule has 0 spiro atoms. The third-order valence-corrected chi connectivity index (χ3v) is 5.34. The Hall–Kier alpha value is -3.18. The molecule has 0 saturated heterocycles. The van der Waals surface area contributed by atoms with E-state index in [2.05, 4.69) is 17.4 Å². The lowest BCUT2D eigenvalue weighted by Crippen LogP contribution is -2.36. The van der Waals surface area contributed by atoms with Crippen molar-refractivity contribution in [2.24, 2.45) is 0 Å². The van der Waals surface area contributed by atoms with Crippen molar-refractivity contribution in [1.82, 2.24) is 5.32 Å². The van der Waals surface area contributed by atoms with Crippen LogP contribution in [0, 0.1) is 5.82 Å². The number of carbonyl (C=O) groups is 1. The molecule has 2 unspecified atom stereocenters. The van der Waals surface area contributed by atoms with Crippen LogP contribution in [0.15, 0.2) is 72.8 Å². The van der Waals surface area contributed by atoms with Crippen molar-refractivity contribution in [1.29, 1.82) is 0 Å². The van der Waals surface area contributed by atoms with Crippen molar-refractivity contribution in [3.63, 3.8) is 0 Å². The number of benzene rings is 3. The zero-order valence-electron chi connectivity index (χ0n) is 16.0. The first kappa shape index (κ1) is 19.2. The number of hydrogen-bond acceptors (Lipinski definition) is 3. The maximum atomic E-state index is 14.1. The van der Waals surface area contributed by atoms with Crippen molar-refractivity contribution in [2.75, 3.05) is 6.61 Å². The second kappa shape index (κ2) is 8.05. The summed E-state index contributed by atoms with van der Waals surface area (Å²) in [7, 11) is 0. The van der Waals surface area contributed by atoms with E-state index in [1.54, 1.807) is 12.1 Å². The molecule has 29 heavy (non-hydrogen) atoms. The number of carbonyl (C=O) groups excluding carboxylic acids is 1. The van der Waals surface area contributed by atoms with Gasteiger partial charge in [-0.25, -0.2) is 9.18 Å². The predicted molar refractivity (Wildman–Crippen MR) is 109 cm³/mol. The van der Waals surface area contributed by atoms with Gasteiger partial charge in [0, 0.05) is 11.5 Å². The first-order valence-electron chi connectivity index (χ1n) is 9.60. The molecule has 3 aromatic carbocycles. The Morgan fingerprint density at radius 2 is 1.55 bits per heavy atom. The molecule has 0 heterocycles. The maximum Gasteiger partial charge on any atom is 0.407 e. The third-order valence-electron chi connectivity index (χ3n) is 5.34. The van der Waals surface area contributed by atoms with Crippen molar-refractivity contribution in [3.05, 3.63) is 95.3 Å². The lowest BCUT2D eigenvalue weighted by molar-refractivity contribution is 0.111. The molecule has 0 bridgehead atoms. The van der Waals surface area contributed by atoms with Crippen molar-refractivity contribution >= 4 is 6.09 Å². The summed E-state index contributed by atoms with van der Waals surface area (Å²) >= 11 is 0. The highest BCUT2D eigenvalue weighted by Crippen LogP contribution is 2.44. The quantitative estimate of drug-likeness (QED) is 0.658. The second-order valence-electron chi connectivity index (χ2n) is 7.21. The summed E-state index contributed by atoms with van der Waals surface area (Å²) in [5, 5.41) is 12.6. The van der Waals surface area contributed by atoms with Crippen molar-refractivity contribution < 1.29 is 19.0 Å². The van der Waals surface area contributed by atoms with E-state index in [9.17, 15) is 14.3 Å². The molecule has 4 rings (SSSR count). The fraction of sp³-hybridized carbons (Fsp3) is 0.208. The third kappa shape index (κ3) is 3.74. The smallest absolute Gasteiger partial charge is 0.407 e. The number of alkyl carbamates (subject to hydrolysis) is 1. The van der Waals surface area contributed by atoms with Crippen molar-refractivity contribution in [3.8, 4) is 11.1 Å². The highest BCUT2D eigenvalue weighted by molar-refractivity contribution is 5.79. The van der Waals surface area contributed by atoms with Gasteiger partial charge < -0.3 is 15.2 Å². The van der Waals surface area contributed by atoms with E-state index in [1.165, 1.54) is 19.1 Å². The van der Waals surface area contributed by atoms with Crippen LogP contribution in [0.2, 0.25) is 0 Å². The van der Waals surface area contributed by atoms with Crippen LogP contribution in [-0.4, -0.2) is 23.9 Å². The van der Waals surface area contributed by atoms with E-state index in [4.69, 9.17) is 4.74 Å². The molecule has 5 heteroatoms. The molecule has 1 aliphatic rings. The maximum absolute atomic E-state index is 14.1. The summed E-state index contributed by atoms with van der Waals surface area (Å²) < 4.78 is 19.6. The Bertz CT molecular complexity index is 988. The molecule has 1 aliphatic carbocycles. The molecule has 4 nitrogen and oxygen atoms in total.